The minimum atomic E-state index is -0.214. The smallest absolute Gasteiger partial charge is 0.253 e. The molecule has 1 aliphatic carbocycles. The van der Waals surface area contributed by atoms with Crippen LogP contribution in [0.4, 0.5) is 23.1 Å². The highest BCUT2D eigenvalue weighted by Crippen LogP contribution is 2.35. The van der Waals surface area contributed by atoms with Gasteiger partial charge in [0.15, 0.2) is 5.82 Å². The van der Waals surface area contributed by atoms with Crippen LogP contribution in [0.2, 0.25) is 5.02 Å². The summed E-state index contributed by atoms with van der Waals surface area (Å²) in [6.07, 6.45) is 11.5. The van der Waals surface area contributed by atoms with Crippen LogP contribution < -0.4 is 26.0 Å². The van der Waals surface area contributed by atoms with E-state index in [1.165, 1.54) is 37.4 Å². The topological polar surface area (TPSA) is 121 Å². The third-order valence-electron chi connectivity index (χ3n) is 9.10. The quantitative estimate of drug-likeness (QED) is 0.144. The van der Waals surface area contributed by atoms with Gasteiger partial charge in [-0.25, -0.2) is 4.98 Å². The van der Waals surface area contributed by atoms with Gasteiger partial charge < -0.3 is 30.9 Å². The number of unbranched alkanes of at least 4 members (excludes halogenated alkanes) is 1. The van der Waals surface area contributed by atoms with Crippen LogP contribution in [0.1, 0.15) is 79.6 Å². The summed E-state index contributed by atoms with van der Waals surface area (Å²) in [5.41, 5.74) is 3.07. The van der Waals surface area contributed by atoms with Crippen molar-refractivity contribution in [2.45, 2.75) is 63.7 Å². The van der Waals surface area contributed by atoms with Crippen molar-refractivity contribution >= 4 is 46.6 Å². The Morgan fingerprint density at radius 2 is 1.78 bits per heavy atom. The second kappa shape index (κ2) is 16.6. The summed E-state index contributed by atoms with van der Waals surface area (Å²) in [4.78, 5) is 35.9. The summed E-state index contributed by atoms with van der Waals surface area (Å²) in [6.45, 7) is 4.00. The lowest BCUT2D eigenvalue weighted by Crippen LogP contribution is -2.34. The molecule has 2 fully saturated rings. The van der Waals surface area contributed by atoms with Gasteiger partial charge in [0.05, 0.1) is 30.2 Å². The Balaban J connectivity index is 1.11. The fraction of sp³-hybridized carbons (Fsp3) is 0.486. The molecule has 0 unspecified atom stereocenters. The zero-order valence-electron chi connectivity index (χ0n) is 26.9. The molecular formula is C35H46ClN7O3. The number of piperidine rings is 1. The van der Waals surface area contributed by atoms with E-state index in [-0.39, 0.29) is 11.8 Å². The molecule has 0 atom stereocenters. The van der Waals surface area contributed by atoms with Crippen LogP contribution >= 0.6 is 11.6 Å². The van der Waals surface area contributed by atoms with Crippen LogP contribution in [0.5, 0.6) is 5.75 Å². The van der Waals surface area contributed by atoms with E-state index in [0.717, 1.165) is 57.5 Å². The van der Waals surface area contributed by atoms with Crippen molar-refractivity contribution in [3.8, 4) is 5.75 Å². The number of amides is 2. The normalized spacial score (nSPS) is 15.8. The van der Waals surface area contributed by atoms with E-state index in [0.29, 0.717) is 52.0 Å². The van der Waals surface area contributed by atoms with Gasteiger partial charge in [-0.3, -0.25) is 9.59 Å². The van der Waals surface area contributed by atoms with Crippen LogP contribution in [0.3, 0.4) is 0 Å². The van der Waals surface area contributed by atoms with Crippen LogP contribution in [-0.4, -0.2) is 67.0 Å². The Labute approximate surface area is 277 Å². The number of likely N-dealkylation sites (tertiary alicyclic amines) is 1. The fourth-order valence-corrected chi connectivity index (χ4v) is 6.62. The van der Waals surface area contributed by atoms with Gasteiger partial charge in [-0.05, 0) is 99.8 Å². The number of carbonyl (C=O) groups excluding carboxylic acids is 2. The molecule has 1 saturated carbocycles. The third kappa shape index (κ3) is 9.10. The van der Waals surface area contributed by atoms with E-state index in [4.69, 9.17) is 16.3 Å². The third-order valence-corrected chi connectivity index (χ3v) is 9.38. The van der Waals surface area contributed by atoms with E-state index < -0.39 is 0 Å². The number of hydrogen-bond donors (Lipinski definition) is 4. The number of ether oxygens (including phenoxy) is 1. The van der Waals surface area contributed by atoms with Crippen molar-refractivity contribution in [2.24, 2.45) is 5.92 Å². The van der Waals surface area contributed by atoms with Crippen molar-refractivity contribution < 1.29 is 14.3 Å². The zero-order chi connectivity index (χ0) is 32.3. The van der Waals surface area contributed by atoms with Crippen LogP contribution in [-0.2, 0) is 4.79 Å². The lowest BCUT2D eigenvalue weighted by molar-refractivity contribution is -0.122. The van der Waals surface area contributed by atoms with Gasteiger partial charge in [0, 0.05) is 20.0 Å². The number of benzene rings is 2. The van der Waals surface area contributed by atoms with Gasteiger partial charge in [0.1, 0.15) is 10.8 Å². The molecule has 11 heteroatoms. The van der Waals surface area contributed by atoms with Crippen LogP contribution in [0.25, 0.3) is 0 Å². The second-order valence-corrected chi connectivity index (χ2v) is 12.7. The molecule has 5 rings (SSSR count). The Kier molecular flexibility index (Phi) is 12.1. The molecule has 2 amide bonds. The van der Waals surface area contributed by atoms with Crippen molar-refractivity contribution in [3.63, 3.8) is 0 Å². The standard InChI is InChI=1S/C35H46ClN7O3/c1-37-34(45)27-11-5-6-12-29(27)40-33-28(36)23-39-35(42-33)41-30-14-13-26(22-31(30)46-2)25-15-19-43(20-16-25)18-8-7-17-38-32(44)21-24-9-3-4-10-24/h5-6,11-14,22-25H,3-4,7-10,15-21H2,1-2H3,(H,37,45)(H,38,44)(H2,39,40,41,42). The second-order valence-electron chi connectivity index (χ2n) is 12.3. The first kappa shape index (κ1) is 33.5. The maximum Gasteiger partial charge on any atom is 0.253 e. The number of carbonyl (C=O) groups is 2. The number of anilines is 4. The number of methoxy groups -OCH3 is 1. The predicted molar refractivity (Wildman–Crippen MR) is 184 cm³/mol. The SMILES string of the molecule is CNC(=O)c1ccccc1Nc1nc(Nc2ccc(C3CCN(CCCCNC(=O)CC4CCCC4)CC3)cc2OC)ncc1Cl. The Morgan fingerprint density at radius 3 is 2.54 bits per heavy atom. The van der Waals surface area contributed by atoms with Crippen molar-refractivity contribution in [2.75, 3.05) is 51.0 Å². The Bertz CT molecular complexity index is 1470. The van der Waals surface area contributed by atoms with E-state index >= 15 is 0 Å². The summed E-state index contributed by atoms with van der Waals surface area (Å²) >= 11 is 6.41. The first-order chi connectivity index (χ1) is 22.4. The molecule has 46 heavy (non-hydrogen) atoms. The Hall–Kier alpha value is -3.89. The summed E-state index contributed by atoms with van der Waals surface area (Å²) in [5.74, 6) is 2.53. The molecule has 246 valence electrons. The van der Waals surface area contributed by atoms with Crippen molar-refractivity contribution in [1.82, 2.24) is 25.5 Å². The lowest BCUT2D eigenvalue weighted by atomic mass is 9.89. The molecule has 1 aromatic heterocycles. The summed E-state index contributed by atoms with van der Waals surface area (Å²) < 4.78 is 5.76. The number of nitrogens with zero attached hydrogens (tertiary/aromatic N) is 3. The molecule has 0 bridgehead atoms. The molecule has 3 aromatic rings. The summed E-state index contributed by atoms with van der Waals surface area (Å²) in [7, 11) is 3.25. The highest BCUT2D eigenvalue weighted by molar-refractivity contribution is 6.33. The largest absolute Gasteiger partial charge is 0.495 e. The minimum absolute atomic E-state index is 0.214. The highest BCUT2D eigenvalue weighted by atomic mass is 35.5. The molecular weight excluding hydrogens is 602 g/mol. The van der Waals surface area contributed by atoms with Gasteiger partial charge in [0.25, 0.3) is 5.91 Å². The molecule has 2 aliphatic rings. The van der Waals surface area contributed by atoms with E-state index in [1.54, 1.807) is 32.4 Å². The molecule has 0 radical (unpaired) electrons. The molecule has 4 N–H and O–H groups in total. The molecule has 10 nitrogen and oxygen atoms in total. The monoisotopic (exact) mass is 647 g/mol. The number of hydrogen-bond acceptors (Lipinski definition) is 8. The summed E-state index contributed by atoms with van der Waals surface area (Å²) in [5, 5.41) is 12.5. The highest BCUT2D eigenvalue weighted by Gasteiger charge is 2.22. The van der Waals surface area contributed by atoms with E-state index in [1.807, 2.05) is 12.1 Å². The summed E-state index contributed by atoms with van der Waals surface area (Å²) in [6, 6.07) is 13.4. The maximum atomic E-state index is 12.3. The number of halogens is 1. The zero-order valence-corrected chi connectivity index (χ0v) is 27.7. The van der Waals surface area contributed by atoms with Gasteiger partial charge in [-0.1, -0.05) is 42.6 Å². The minimum Gasteiger partial charge on any atom is -0.495 e. The lowest BCUT2D eigenvalue weighted by Gasteiger charge is -2.32. The molecule has 2 aromatic carbocycles. The first-order valence-electron chi connectivity index (χ1n) is 16.5. The van der Waals surface area contributed by atoms with E-state index in [9.17, 15) is 9.59 Å². The molecule has 0 spiro atoms. The van der Waals surface area contributed by atoms with E-state index in [2.05, 4.69) is 48.3 Å². The predicted octanol–water partition coefficient (Wildman–Crippen LogP) is 6.64. The fourth-order valence-electron chi connectivity index (χ4n) is 6.48. The van der Waals surface area contributed by atoms with Gasteiger partial charge >= 0.3 is 0 Å². The van der Waals surface area contributed by atoms with Crippen LogP contribution in [0, 0.1) is 5.92 Å². The van der Waals surface area contributed by atoms with Crippen molar-refractivity contribution in [1.29, 1.82) is 0 Å². The number of rotatable bonds is 14. The first-order valence-corrected chi connectivity index (χ1v) is 16.9. The Morgan fingerprint density at radius 1 is 1.00 bits per heavy atom. The maximum absolute atomic E-state index is 12.3. The molecule has 2 heterocycles. The average Bonchev–Trinajstić information content (AvgIpc) is 3.59. The van der Waals surface area contributed by atoms with Crippen LogP contribution in [0.15, 0.2) is 48.7 Å². The van der Waals surface area contributed by atoms with Gasteiger partial charge in [0.2, 0.25) is 11.9 Å². The molecule has 1 saturated heterocycles. The van der Waals surface area contributed by atoms with Gasteiger partial charge in [-0.2, -0.15) is 4.98 Å². The van der Waals surface area contributed by atoms with Crippen molar-refractivity contribution in [3.05, 3.63) is 64.8 Å². The number of para-hydroxylation sites is 1. The number of aromatic nitrogens is 2. The number of nitrogens with one attached hydrogen (secondary N) is 4. The van der Waals surface area contributed by atoms with Gasteiger partial charge in [-0.15, -0.1) is 0 Å². The average molecular weight is 648 g/mol. The molecule has 1 aliphatic heterocycles.